The predicted molar refractivity (Wildman–Crippen MR) is 209 cm³/mol. The summed E-state index contributed by atoms with van der Waals surface area (Å²) in [5.41, 5.74) is 9.43. The molecule has 4 heteroatoms. The first-order valence-corrected chi connectivity index (χ1v) is 17.4. The summed E-state index contributed by atoms with van der Waals surface area (Å²) in [6, 6.07) is 53.1. The quantitative estimate of drug-likeness (QED) is 0.185. The van der Waals surface area contributed by atoms with Crippen molar-refractivity contribution >= 4 is 38.6 Å². The number of aryl methyl sites for hydroxylation is 1. The van der Waals surface area contributed by atoms with Crippen LogP contribution in [0.4, 0.5) is 0 Å². The second-order valence-corrected chi connectivity index (χ2v) is 13.1. The molecule has 0 fully saturated rings. The van der Waals surface area contributed by atoms with Crippen molar-refractivity contribution in [1.29, 1.82) is 0 Å². The van der Waals surface area contributed by atoms with E-state index in [4.69, 9.17) is 19.4 Å². The number of furan rings is 1. The van der Waals surface area contributed by atoms with Crippen molar-refractivity contribution in [2.45, 2.75) is 12.8 Å². The summed E-state index contributed by atoms with van der Waals surface area (Å²) < 4.78 is 6.72. The van der Waals surface area contributed by atoms with Gasteiger partial charge >= 0.3 is 0 Å². The zero-order valence-electron chi connectivity index (χ0n) is 27.8. The van der Waals surface area contributed by atoms with Crippen LogP contribution in [0.1, 0.15) is 17.7 Å². The van der Waals surface area contributed by atoms with Crippen LogP contribution in [-0.2, 0) is 6.42 Å². The highest BCUT2D eigenvalue weighted by atomic mass is 16.3. The highest BCUT2D eigenvalue weighted by Crippen LogP contribution is 2.43. The number of rotatable bonds is 5. The van der Waals surface area contributed by atoms with Crippen LogP contribution in [0.15, 0.2) is 162 Å². The molecule has 0 bridgehead atoms. The maximum Gasteiger partial charge on any atom is 0.164 e. The molecule has 4 nitrogen and oxygen atoms in total. The highest BCUT2D eigenvalue weighted by Gasteiger charge is 2.24. The van der Waals surface area contributed by atoms with Crippen LogP contribution >= 0.6 is 0 Å². The van der Waals surface area contributed by atoms with E-state index in [1.807, 2.05) is 24.3 Å². The van der Waals surface area contributed by atoms with Gasteiger partial charge in [-0.2, -0.15) is 0 Å². The number of nitrogens with zero attached hydrogens (tertiary/aromatic N) is 3. The zero-order valence-corrected chi connectivity index (χ0v) is 27.8. The fraction of sp³-hybridized carbons (Fsp3) is 0.0426. The van der Waals surface area contributed by atoms with Crippen LogP contribution < -0.4 is 0 Å². The average molecular weight is 654 g/mol. The molecule has 0 atom stereocenters. The SMILES string of the molecule is C1=Cc2oc3c(-c4ccc5ccccc5c4)ccc(-c4nc(-c5ccccc5)nc(-c5ccc6ccc(-c7ccccc7)cc6c5)n4)c3c2CC1. The second kappa shape index (κ2) is 12.0. The molecule has 2 heterocycles. The van der Waals surface area contributed by atoms with E-state index in [9.17, 15) is 0 Å². The summed E-state index contributed by atoms with van der Waals surface area (Å²) in [5, 5.41) is 5.79. The first-order valence-electron chi connectivity index (χ1n) is 17.4. The topological polar surface area (TPSA) is 51.8 Å². The van der Waals surface area contributed by atoms with Crippen molar-refractivity contribution in [3.05, 3.63) is 169 Å². The Bertz CT molecular complexity index is 2800. The Balaban J connectivity index is 1.18. The Kier molecular flexibility index (Phi) is 6.91. The molecule has 0 radical (unpaired) electrons. The standard InChI is InChI=1S/C47H31N3O/c1-3-11-30(12-4-1)35-22-19-32-21-24-37(29-38(32)28-35)46-48-45(33-14-5-2-6-15-33)49-47(50-46)41-26-25-39(36-23-20-31-13-7-8-16-34(31)27-36)44-43(41)40-17-9-10-18-42(40)51-44/h1-8,10-16,18-29H,9,17H2. The highest BCUT2D eigenvalue weighted by molar-refractivity contribution is 6.05. The van der Waals surface area contributed by atoms with Gasteiger partial charge in [-0.25, -0.2) is 15.0 Å². The molecule has 0 saturated carbocycles. The van der Waals surface area contributed by atoms with Gasteiger partial charge < -0.3 is 4.42 Å². The minimum absolute atomic E-state index is 0.630. The number of hydrogen-bond donors (Lipinski definition) is 0. The smallest absolute Gasteiger partial charge is 0.164 e. The molecule has 7 aromatic carbocycles. The lowest BCUT2D eigenvalue weighted by Gasteiger charge is -2.12. The lowest BCUT2D eigenvalue weighted by atomic mass is 9.93. The molecule has 9 aromatic rings. The Morgan fingerprint density at radius 2 is 1.02 bits per heavy atom. The molecule has 10 rings (SSSR count). The van der Waals surface area contributed by atoms with Crippen molar-refractivity contribution in [1.82, 2.24) is 15.0 Å². The van der Waals surface area contributed by atoms with Gasteiger partial charge in [-0.3, -0.25) is 0 Å². The molecular weight excluding hydrogens is 623 g/mol. The van der Waals surface area contributed by atoms with Crippen molar-refractivity contribution < 1.29 is 4.42 Å². The summed E-state index contributed by atoms with van der Waals surface area (Å²) >= 11 is 0. The molecule has 0 aliphatic heterocycles. The summed E-state index contributed by atoms with van der Waals surface area (Å²) in [7, 11) is 0. The van der Waals surface area contributed by atoms with Gasteiger partial charge in [-0.05, 0) is 87.5 Å². The maximum atomic E-state index is 6.72. The van der Waals surface area contributed by atoms with Crippen LogP contribution in [0, 0.1) is 0 Å². The lowest BCUT2D eigenvalue weighted by molar-refractivity contribution is 0.596. The number of fused-ring (bicyclic) bond motifs is 5. The molecule has 2 aromatic heterocycles. The zero-order chi connectivity index (χ0) is 33.7. The third kappa shape index (κ3) is 5.20. The third-order valence-corrected chi connectivity index (χ3v) is 9.97. The van der Waals surface area contributed by atoms with E-state index >= 15 is 0 Å². The van der Waals surface area contributed by atoms with E-state index in [0.29, 0.717) is 17.5 Å². The molecule has 0 unspecified atom stereocenters. The van der Waals surface area contributed by atoms with Gasteiger partial charge in [0.25, 0.3) is 0 Å². The van der Waals surface area contributed by atoms with E-state index < -0.39 is 0 Å². The fourth-order valence-electron chi connectivity index (χ4n) is 7.39. The monoisotopic (exact) mass is 653 g/mol. The van der Waals surface area contributed by atoms with Crippen LogP contribution in [0.25, 0.3) is 95.0 Å². The van der Waals surface area contributed by atoms with E-state index in [1.54, 1.807) is 0 Å². The number of hydrogen-bond acceptors (Lipinski definition) is 4. The Hall–Kier alpha value is -6.65. The van der Waals surface area contributed by atoms with Gasteiger partial charge in [0.2, 0.25) is 0 Å². The minimum Gasteiger partial charge on any atom is -0.456 e. The molecule has 0 N–H and O–H groups in total. The normalized spacial score (nSPS) is 12.5. The molecule has 51 heavy (non-hydrogen) atoms. The Morgan fingerprint density at radius 1 is 0.431 bits per heavy atom. The first kappa shape index (κ1) is 29.3. The van der Waals surface area contributed by atoms with Gasteiger partial charge in [0, 0.05) is 33.2 Å². The Labute approximate surface area is 295 Å². The second-order valence-electron chi connectivity index (χ2n) is 13.1. The lowest BCUT2D eigenvalue weighted by Crippen LogP contribution is -2.01. The van der Waals surface area contributed by atoms with Crippen LogP contribution in [0.3, 0.4) is 0 Å². The van der Waals surface area contributed by atoms with Crippen LogP contribution in [-0.4, -0.2) is 15.0 Å². The predicted octanol–water partition coefficient (Wildman–Crippen LogP) is 12.2. The van der Waals surface area contributed by atoms with Crippen LogP contribution in [0.5, 0.6) is 0 Å². The molecule has 240 valence electrons. The third-order valence-electron chi connectivity index (χ3n) is 9.97. The minimum atomic E-state index is 0.630. The van der Waals surface area contributed by atoms with Gasteiger partial charge in [0.1, 0.15) is 11.3 Å². The molecule has 1 aliphatic carbocycles. The number of allylic oxidation sites excluding steroid dienone is 1. The van der Waals surface area contributed by atoms with Gasteiger partial charge in [-0.15, -0.1) is 0 Å². The fourth-order valence-corrected chi connectivity index (χ4v) is 7.39. The van der Waals surface area contributed by atoms with Crippen molar-refractivity contribution in [2.75, 3.05) is 0 Å². The molecule has 1 aliphatic rings. The Morgan fingerprint density at radius 3 is 1.82 bits per heavy atom. The van der Waals surface area contributed by atoms with Gasteiger partial charge in [-0.1, -0.05) is 127 Å². The largest absolute Gasteiger partial charge is 0.456 e. The van der Waals surface area contributed by atoms with E-state index in [0.717, 1.165) is 62.8 Å². The maximum absolute atomic E-state index is 6.72. The van der Waals surface area contributed by atoms with E-state index in [-0.39, 0.29) is 0 Å². The number of benzene rings is 7. The molecule has 0 amide bonds. The molecular formula is C47H31N3O. The number of aromatic nitrogens is 3. The van der Waals surface area contributed by atoms with E-state index in [1.165, 1.54) is 32.8 Å². The summed E-state index contributed by atoms with van der Waals surface area (Å²) in [6.07, 6.45) is 6.16. The average Bonchev–Trinajstić information content (AvgIpc) is 3.60. The van der Waals surface area contributed by atoms with Crippen LogP contribution in [0.2, 0.25) is 0 Å². The van der Waals surface area contributed by atoms with E-state index in [2.05, 4.69) is 140 Å². The molecule has 0 saturated heterocycles. The van der Waals surface area contributed by atoms with Crippen molar-refractivity contribution in [3.63, 3.8) is 0 Å². The molecule has 0 spiro atoms. The van der Waals surface area contributed by atoms with Gasteiger partial charge in [0.15, 0.2) is 17.5 Å². The summed E-state index contributed by atoms with van der Waals surface area (Å²) in [4.78, 5) is 15.5. The van der Waals surface area contributed by atoms with Crippen molar-refractivity contribution in [2.24, 2.45) is 0 Å². The van der Waals surface area contributed by atoms with Gasteiger partial charge in [0.05, 0.1) is 0 Å². The van der Waals surface area contributed by atoms with Crippen molar-refractivity contribution in [3.8, 4) is 56.4 Å². The summed E-state index contributed by atoms with van der Waals surface area (Å²) in [6.45, 7) is 0. The summed E-state index contributed by atoms with van der Waals surface area (Å²) in [5.74, 6) is 2.81. The first-order chi connectivity index (χ1) is 25.2.